The van der Waals surface area contributed by atoms with Crippen molar-refractivity contribution in [3.63, 3.8) is 0 Å². The van der Waals surface area contributed by atoms with Gasteiger partial charge in [0.05, 0.1) is 4.92 Å². The molecular weight excluding hydrogens is 288 g/mol. The molecule has 124 valence electrons. The first-order valence-electron chi connectivity index (χ1n) is 9.01. The van der Waals surface area contributed by atoms with Crippen molar-refractivity contribution in [2.75, 3.05) is 0 Å². The van der Waals surface area contributed by atoms with E-state index >= 15 is 0 Å². The van der Waals surface area contributed by atoms with Crippen molar-refractivity contribution in [1.29, 1.82) is 0 Å². The highest BCUT2D eigenvalue weighted by molar-refractivity contribution is 5.34. The van der Waals surface area contributed by atoms with Gasteiger partial charge in [0.15, 0.2) is 0 Å². The Balaban J connectivity index is 1.43. The van der Waals surface area contributed by atoms with Crippen LogP contribution in [0.15, 0.2) is 24.3 Å². The van der Waals surface area contributed by atoms with E-state index in [1.54, 1.807) is 18.2 Å². The summed E-state index contributed by atoms with van der Waals surface area (Å²) in [4.78, 5) is 10.6. The lowest BCUT2D eigenvalue weighted by Gasteiger charge is -2.59. The molecule has 5 rings (SSSR count). The molecular formula is C19H26N2O2. The van der Waals surface area contributed by atoms with E-state index < -0.39 is 0 Å². The number of nitro benzene ring substituents is 1. The van der Waals surface area contributed by atoms with E-state index in [4.69, 9.17) is 0 Å². The summed E-state index contributed by atoms with van der Waals surface area (Å²) in [5.41, 5.74) is 1.68. The van der Waals surface area contributed by atoms with Crippen molar-refractivity contribution in [1.82, 2.24) is 5.32 Å². The molecule has 4 aliphatic carbocycles. The van der Waals surface area contributed by atoms with Gasteiger partial charge in [-0.1, -0.05) is 12.1 Å². The van der Waals surface area contributed by atoms with Crippen molar-refractivity contribution in [3.8, 4) is 0 Å². The van der Waals surface area contributed by atoms with Gasteiger partial charge >= 0.3 is 0 Å². The van der Waals surface area contributed by atoms with Crippen LogP contribution in [-0.2, 0) is 6.54 Å². The topological polar surface area (TPSA) is 55.2 Å². The normalized spacial score (nSPS) is 36.1. The first-order chi connectivity index (χ1) is 11.0. The average Bonchev–Trinajstić information content (AvgIpc) is 2.51. The van der Waals surface area contributed by atoms with E-state index in [9.17, 15) is 10.1 Å². The summed E-state index contributed by atoms with van der Waals surface area (Å²) < 4.78 is 0. The highest BCUT2D eigenvalue weighted by Gasteiger charge is 2.52. The number of nitrogens with zero attached hydrogens (tertiary/aromatic N) is 1. The molecule has 0 spiro atoms. The summed E-state index contributed by atoms with van der Waals surface area (Å²) in [6.07, 6.45) is 8.58. The monoisotopic (exact) mass is 314 g/mol. The SMILES string of the molecule is C[C@H](NCc1cccc([N+](=O)[O-])c1)C12CC3CC(CC(C3)C1)C2. The third-order valence-electron chi connectivity index (χ3n) is 6.74. The number of hydrogen-bond acceptors (Lipinski definition) is 3. The van der Waals surface area contributed by atoms with Gasteiger partial charge in [-0.05, 0) is 74.2 Å². The summed E-state index contributed by atoms with van der Waals surface area (Å²) in [6, 6.07) is 7.51. The van der Waals surface area contributed by atoms with Gasteiger partial charge in [-0.25, -0.2) is 0 Å². The molecule has 1 N–H and O–H groups in total. The quantitative estimate of drug-likeness (QED) is 0.651. The van der Waals surface area contributed by atoms with Gasteiger partial charge in [0, 0.05) is 24.7 Å². The van der Waals surface area contributed by atoms with Crippen LogP contribution in [0, 0.1) is 33.3 Å². The molecule has 0 heterocycles. The molecule has 1 atom stereocenters. The Morgan fingerprint density at radius 3 is 2.39 bits per heavy atom. The standard InChI is InChI=1S/C19H26N2O2/c1-13(20-12-14-3-2-4-18(8-14)21(22)23)19-9-15-5-16(10-19)7-17(6-15)11-19/h2-4,8,13,15-17,20H,5-7,9-12H2,1H3/t13-,15?,16?,17?,19?/m0/s1. The largest absolute Gasteiger partial charge is 0.310 e. The zero-order valence-corrected chi connectivity index (χ0v) is 13.8. The van der Waals surface area contributed by atoms with E-state index in [1.165, 1.54) is 38.5 Å². The lowest BCUT2D eigenvalue weighted by Crippen LogP contribution is -2.54. The third kappa shape index (κ3) is 2.78. The molecule has 4 aliphatic rings. The number of hydrogen-bond donors (Lipinski definition) is 1. The Kier molecular flexibility index (Phi) is 3.67. The number of rotatable bonds is 5. The Hall–Kier alpha value is -1.42. The molecule has 0 radical (unpaired) electrons. The third-order valence-corrected chi connectivity index (χ3v) is 6.74. The summed E-state index contributed by atoms with van der Waals surface area (Å²) >= 11 is 0. The molecule has 4 heteroatoms. The van der Waals surface area contributed by atoms with Crippen LogP contribution in [0.5, 0.6) is 0 Å². The van der Waals surface area contributed by atoms with Crippen LogP contribution < -0.4 is 5.32 Å². The summed E-state index contributed by atoms with van der Waals surface area (Å²) in [6.45, 7) is 3.06. The molecule has 0 unspecified atom stereocenters. The van der Waals surface area contributed by atoms with Crippen LogP contribution in [0.3, 0.4) is 0 Å². The fourth-order valence-electron chi connectivity index (χ4n) is 5.98. The molecule has 4 bridgehead atoms. The molecule has 23 heavy (non-hydrogen) atoms. The Morgan fingerprint density at radius 1 is 1.22 bits per heavy atom. The zero-order valence-electron chi connectivity index (χ0n) is 13.8. The van der Waals surface area contributed by atoms with Gasteiger partial charge in [0.1, 0.15) is 0 Å². The number of nitrogens with one attached hydrogen (secondary N) is 1. The van der Waals surface area contributed by atoms with Gasteiger partial charge in [0.2, 0.25) is 0 Å². The van der Waals surface area contributed by atoms with E-state index in [0.29, 0.717) is 11.5 Å². The summed E-state index contributed by atoms with van der Waals surface area (Å²) in [5.74, 6) is 2.88. The second-order valence-corrected chi connectivity index (χ2v) is 8.31. The summed E-state index contributed by atoms with van der Waals surface area (Å²) in [5, 5.41) is 14.6. The zero-order chi connectivity index (χ0) is 16.0. The molecule has 4 nitrogen and oxygen atoms in total. The lowest BCUT2D eigenvalue weighted by atomic mass is 9.48. The van der Waals surface area contributed by atoms with Crippen LogP contribution in [0.4, 0.5) is 5.69 Å². The van der Waals surface area contributed by atoms with Gasteiger partial charge in [-0.2, -0.15) is 0 Å². The minimum atomic E-state index is -0.313. The lowest BCUT2D eigenvalue weighted by molar-refractivity contribution is -0.384. The van der Waals surface area contributed by atoms with Crippen LogP contribution >= 0.6 is 0 Å². The second kappa shape index (κ2) is 5.59. The highest BCUT2D eigenvalue weighted by atomic mass is 16.6. The van der Waals surface area contributed by atoms with Crippen LogP contribution in [0.2, 0.25) is 0 Å². The smallest absolute Gasteiger partial charge is 0.269 e. The maximum absolute atomic E-state index is 10.9. The minimum absolute atomic E-state index is 0.187. The molecule has 4 saturated carbocycles. The van der Waals surface area contributed by atoms with E-state index in [0.717, 1.165) is 29.9 Å². The van der Waals surface area contributed by atoms with E-state index in [-0.39, 0.29) is 10.6 Å². The van der Waals surface area contributed by atoms with Gasteiger partial charge in [-0.3, -0.25) is 10.1 Å². The highest BCUT2D eigenvalue weighted by Crippen LogP contribution is 2.61. The number of nitro groups is 1. The van der Waals surface area contributed by atoms with Crippen molar-refractivity contribution in [2.24, 2.45) is 23.2 Å². The molecule has 0 amide bonds. The number of non-ortho nitro benzene ring substituents is 1. The van der Waals surface area contributed by atoms with Crippen LogP contribution in [-0.4, -0.2) is 11.0 Å². The molecule has 0 aromatic heterocycles. The van der Waals surface area contributed by atoms with Gasteiger partial charge in [-0.15, -0.1) is 0 Å². The average molecular weight is 314 g/mol. The van der Waals surface area contributed by atoms with E-state index in [2.05, 4.69) is 12.2 Å². The fraction of sp³-hybridized carbons (Fsp3) is 0.684. The van der Waals surface area contributed by atoms with Crippen LogP contribution in [0.25, 0.3) is 0 Å². The van der Waals surface area contributed by atoms with Crippen molar-refractivity contribution < 1.29 is 4.92 Å². The molecule has 1 aromatic carbocycles. The first-order valence-corrected chi connectivity index (χ1v) is 9.01. The minimum Gasteiger partial charge on any atom is -0.310 e. The van der Waals surface area contributed by atoms with Gasteiger partial charge in [0.25, 0.3) is 5.69 Å². The number of benzene rings is 1. The van der Waals surface area contributed by atoms with Crippen molar-refractivity contribution in [2.45, 2.75) is 58.0 Å². The first kappa shape index (κ1) is 15.1. The maximum atomic E-state index is 10.9. The van der Waals surface area contributed by atoms with Crippen LogP contribution in [0.1, 0.15) is 51.0 Å². The summed E-state index contributed by atoms with van der Waals surface area (Å²) in [7, 11) is 0. The Morgan fingerprint density at radius 2 is 1.83 bits per heavy atom. The second-order valence-electron chi connectivity index (χ2n) is 8.31. The van der Waals surface area contributed by atoms with Crippen molar-refractivity contribution in [3.05, 3.63) is 39.9 Å². The van der Waals surface area contributed by atoms with Gasteiger partial charge < -0.3 is 5.32 Å². The Labute approximate surface area is 137 Å². The predicted octanol–water partition coefficient (Wildman–Crippen LogP) is 4.29. The molecule has 1 aromatic rings. The fourth-order valence-corrected chi connectivity index (χ4v) is 5.98. The molecule has 0 aliphatic heterocycles. The molecule has 0 saturated heterocycles. The molecule has 4 fully saturated rings. The Bertz CT molecular complexity index is 578. The predicted molar refractivity (Wildman–Crippen MR) is 90.0 cm³/mol. The maximum Gasteiger partial charge on any atom is 0.269 e. The van der Waals surface area contributed by atoms with Crippen molar-refractivity contribution >= 4 is 5.69 Å². The van der Waals surface area contributed by atoms with E-state index in [1.807, 2.05) is 6.07 Å².